The van der Waals surface area contributed by atoms with Crippen molar-refractivity contribution >= 4 is 39.8 Å². The van der Waals surface area contributed by atoms with Gasteiger partial charge in [-0.1, -0.05) is 36.9 Å². The van der Waals surface area contributed by atoms with Crippen LogP contribution in [0.4, 0.5) is 10.8 Å². The van der Waals surface area contributed by atoms with Crippen LogP contribution in [-0.2, 0) is 4.79 Å². The van der Waals surface area contributed by atoms with Crippen LogP contribution in [0.1, 0.15) is 13.8 Å². The van der Waals surface area contributed by atoms with Crippen molar-refractivity contribution < 1.29 is 9.53 Å². The molecule has 6 nitrogen and oxygen atoms in total. The fourth-order valence-electron chi connectivity index (χ4n) is 1.76. The molecule has 1 aromatic carbocycles. The van der Waals surface area contributed by atoms with Gasteiger partial charge in [0.15, 0.2) is 4.34 Å². The summed E-state index contributed by atoms with van der Waals surface area (Å²) in [6.07, 6.45) is 0. The second kappa shape index (κ2) is 7.46. The molecule has 2 aromatic rings. The first-order valence-electron chi connectivity index (χ1n) is 6.70. The second-order valence-electron chi connectivity index (χ2n) is 4.91. The standard InChI is InChI=1S/C14H18N4O2S2/c1-8(2)11(21-14-18-17-13(15)22-14)12(19)16-9-4-6-10(20-3)7-5-9/h4-8,11H,1-3H3,(H2,15,17)(H,16,19). The predicted octanol–water partition coefficient (Wildman–Crippen LogP) is 2.88. The Hall–Kier alpha value is -1.80. The van der Waals surface area contributed by atoms with Gasteiger partial charge in [-0.15, -0.1) is 10.2 Å². The average Bonchev–Trinajstić information content (AvgIpc) is 2.90. The molecule has 0 saturated heterocycles. The summed E-state index contributed by atoms with van der Waals surface area (Å²) in [4.78, 5) is 12.5. The van der Waals surface area contributed by atoms with Gasteiger partial charge in [0, 0.05) is 5.69 Å². The number of nitrogen functional groups attached to an aromatic ring is 1. The van der Waals surface area contributed by atoms with Crippen LogP contribution in [0.15, 0.2) is 28.6 Å². The van der Waals surface area contributed by atoms with E-state index in [4.69, 9.17) is 10.5 Å². The van der Waals surface area contributed by atoms with Crippen molar-refractivity contribution in [1.29, 1.82) is 0 Å². The fraction of sp³-hybridized carbons (Fsp3) is 0.357. The zero-order valence-corrected chi connectivity index (χ0v) is 14.2. The maximum atomic E-state index is 12.5. The Balaban J connectivity index is 2.05. The fourth-order valence-corrected chi connectivity index (χ4v) is 3.60. The van der Waals surface area contributed by atoms with Crippen LogP contribution in [0.3, 0.4) is 0 Å². The van der Waals surface area contributed by atoms with E-state index in [0.717, 1.165) is 11.4 Å². The van der Waals surface area contributed by atoms with E-state index in [-0.39, 0.29) is 17.1 Å². The molecular weight excluding hydrogens is 320 g/mol. The first-order chi connectivity index (χ1) is 10.5. The zero-order valence-electron chi connectivity index (χ0n) is 12.6. The molecule has 8 heteroatoms. The molecule has 1 aromatic heterocycles. The van der Waals surface area contributed by atoms with E-state index >= 15 is 0 Å². The molecule has 22 heavy (non-hydrogen) atoms. The maximum Gasteiger partial charge on any atom is 0.238 e. The SMILES string of the molecule is COc1ccc(NC(=O)C(Sc2nnc(N)s2)C(C)C)cc1. The van der Waals surface area contributed by atoms with E-state index in [1.54, 1.807) is 19.2 Å². The molecule has 0 bridgehead atoms. The van der Waals surface area contributed by atoms with Crippen molar-refractivity contribution in [1.82, 2.24) is 10.2 Å². The number of amides is 1. The van der Waals surface area contributed by atoms with E-state index in [0.29, 0.717) is 9.47 Å². The number of methoxy groups -OCH3 is 1. The molecule has 1 unspecified atom stereocenters. The minimum absolute atomic E-state index is 0.0704. The number of hydrogen-bond acceptors (Lipinski definition) is 7. The highest BCUT2D eigenvalue weighted by Gasteiger charge is 2.25. The van der Waals surface area contributed by atoms with Crippen molar-refractivity contribution in [3.05, 3.63) is 24.3 Å². The molecule has 0 fully saturated rings. The number of rotatable bonds is 6. The zero-order chi connectivity index (χ0) is 16.1. The number of benzene rings is 1. The number of thioether (sulfide) groups is 1. The van der Waals surface area contributed by atoms with Crippen LogP contribution < -0.4 is 15.8 Å². The number of nitrogens with one attached hydrogen (secondary N) is 1. The Bertz CT molecular complexity index is 628. The van der Waals surface area contributed by atoms with E-state index in [2.05, 4.69) is 15.5 Å². The Labute approximate surface area is 137 Å². The first kappa shape index (κ1) is 16.6. The smallest absolute Gasteiger partial charge is 0.238 e. The first-order valence-corrected chi connectivity index (χ1v) is 8.39. The lowest BCUT2D eigenvalue weighted by atomic mass is 10.1. The van der Waals surface area contributed by atoms with Gasteiger partial charge < -0.3 is 15.8 Å². The monoisotopic (exact) mass is 338 g/mol. The molecule has 0 aliphatic carbocycles. The number of hydrogen-bond donors (Lipinski definition) is 2. The van der Waals surface area contributed by atoms with Gasteiger partial charge in [0.05, 0.1) is 12.4 Å². The van der Waals surface area contributed by atoms with Crippen molar-refractivity contribution in [3.8, 4) is 5.75 Å². The molecule has 1 heterocycles. The summed E-state index contributed by atoms with van der Waals surface area (Å²) in [5, 5.41) is 10.8. The normalized spacial score (nSPS) is 12.2. The highest BCUT2D eigenvalue weighted by Crippen LogP contribution is 2.32. The summed E-state index contributed by atoms with van der Waals surface area (Å²) in [6, 6.07) is 7.22. The summed E-state index contributed by atoms with van der Waals surface area (Å²) in [7, 11) is 1.60. The van der Waals surface area contributed by atoms with Crippen LogP contribution in [-0.4, -0.2) is 28.5 Å². The van der Waals surface area contributed by atoms with Crippen LogP contribution >= 0.6 is 23.1 Å². The number of nitrogens with two attached hydrogens (primary N) is 1. The summed E-state index contributed by atoms with van der Waals surface area (Å²) in [5.74, 6) is 0.824. The summed E-state index contributed by atoms with van der Waals surface area (Å²) in [6.45, 7) is 3.99. The van der Waals surface area contributed by atoms with Crippen LogP contribution in [0.25, 0.3) is 0 Å². The lowest BCUT2D eigenvalue weighted by molar-refractivity contribution is -0.116. The number of carbonyl (C=O) groups is 1. The van der Waals surface area contributed by atoms with E-state index in [1.807, 2.05) is 26.0 Å². The molecule has 1 amide bonds. The third-order valence-electron chi connectivity index (χ3n) is 2.87. The second-order valence-corrected chi connectivity index (χ2v) is 7.30. The molecule has 1 atom stereocenters. The van der Waals surface area contributed by atoms with Crippen molar-refractivity contribution in [2.75, 3.05) is 18.2 Å². The summed E-state index contributed by atoms with van der Waals surface area (Å²) in [5.41, 5.74) is 6.31. The van der Waals surface area contributed by atoms with Crippen LogP contribution in [0.2, 0.25) is 0 Å². The lowest BCUT2D eigenvalue weighted by Gasteiger charge is -2.18. The van der Waals surface area contributed by atoms with Crippen molar-refractivity contribution in [3.63, 3.8) is 0 Å². The minimum Gasteiger partial charge on any atom is -0.497 e. The molecule has 2 rings (SSSR count). The van der Waals surface area contributed by atoms with Crippen LogP contribution in [0, 0.1) is 5.92 Å². The Morgan fingerprint density at radius 1 is 1.32 bits per heavy atom. The van der Waals surface area contributed by atoms with E-state index < -0.39 is 0 Å². The Morgan fingerprint density at radius 2 is 2.00 bits per heavy atom. The molecule has 0 spiro atoms. The number of ether oxygens (including phenoxy) is 1. The number of nitrogens with zero attached hydrogens (tertiary/aromatic N) is 2. The lowest BCUT2D eigenvalue weighted by Crippen LogP contribution is -2.29. The largest absolute Gasteiger partial charge is 0.497 e. The predicted molar refractivity (Wildman–Crippen MR) is 90.4 cm³/mol. The van der Waals surface area contributed by atoms with Crippen molar-refractivity contribution in [2.45, 2.75) is 23.4 Å². The third kappa shape index (κ3) is 4.35. The van der Waals surface area contributed by atoms with Gasteiger partial charge >= 0.3 is 0 Å². The highest BCUT2D eigenvalue weighted by atomic mass is 32.2. The third-order valence-corrected chi connectivity index (χ3v) is 5.25. The van der Waals surface area contributed by atoms with E-state index in [1.165, 1.54) is 23.1 Å². The van der Waals surface area contributed by atoms with Gasteiger partial charge in [0.25, 0.3) is 0 Å². The van der Waals surface area contributed by atoms with Gasteiger partial charge in [-0.2, -0.15) is 0 Å². The Kier molecular flexibility index (Phi) is 5.62. The quantitative estimate of drug-likeness (QED) is 0.787. The number of anilines is 2. The van der Waals surface area contributed by atoms with Crippen LogP contribution in [0.5, 0.6) is 5.75 Å². The summed E-state index contributed by atoms with van der Waals surface area (Å²) >= 11 is 2.66. The van der Waals surface area contributed by atoms with Gasteiger partial charge in [-0.3, -0.25) is 4.79 Å². The molecule has 0 saturated carbocycles. The minimum atomic E-state index is -0.269. The molecule has 0 radical (unpaired) electrons. The Morgan fingerprint density at radius 3 is 2.50 bits per heavy atom. The molecular formula is C14H18N4O2S2. The van der Waals surface area contributed by atoms with Gasteiger partial charge in [0.2, 0.25) is 11.0 Å². The maximum absolute atomic E-state index is 12.5. The highest BCUT2D eigenvalue weighted by molar-refractivity contribution is 8.02. The van der Waals surface area contributed by atoms with E-state index in [9.17, 15) is 4.79 Å². The topological polar surface area (TPSA) is 90.1 Å². The number of carbonyl (C=O) groups excluding carboxylic acids is 1. The number of aromatic nitrogens is 2. The van der Waals surface area contributed by atoms with Crippen molar-refractivity contribution in [2.24, 2.45) is 5.92 Å². The molecule has 118 valence electrons. The average molecular weight is 338 g/mol. The van der Waals surface area contributed by atoms with Gasteiger partial charge in [0.1, 0.15) is 5.75 Å². The molecule has 3 N–H and O–H groups in total. The molecule has 0 aliphatic heterocycles. The van der Waals surface area contributed by atoms with Gasteiger partial charge in [-0.05, 0) is 30.2 Å². The molecule has 0 aliphatic rings. The summed E-state index contributed by atoms with van der Waals surface area (Å²) < 4.78 is 5.79. The van der Waals surface area contributed by atoms with Gasteiger partial charge in [-0.25, -0.2) is 0 Å².